The van der Waals surface area contributed by atoms with E-state index in [0.717, 1.165) is 48.8 Å². The third-order valence-corrected chi connectivity index (χ3v) is 4.47. The quantitative estimate of drug-likeness (QED) is 0.905. The van der Waals surface area contributed by atoms with Crippen LogP contribution in [0, 0.1) is 5.92 Å². The summed E-state index contributed by atoms with van der Waals surface area (Å²) >= 11 is 0. The Morgan fingerprint density at radius 1 is 1.38 bits per heavy atom. The van der Waals surface area contributed by atoms with Crippen molar-refractivity contribution in [3.05, 3.63) is 33.9 Å². The molecule has 0 aliphatic carbocycles. The maximum atomic E-state index is 12.2. The Bertz CT molecular complexity index is 664. The summed E-state index contributed by atoms with van der Waals surface area (Å²) in [5.41, 5.74) is 2.82. The lowest BCUT2D eigenvalue weighted by molar-refractivity contribution is 0.353. The van der Waals surface area contributed by atoms with E-state index in [-0.39, 0.29) is 5.56 Å². The summed E-state index contributed by atoms with van der Waals surface area (Å²) in [7, 11) is 0. The van der Waals surface area contributed by atoms with Crippen LogP contribution in [0.3, 0.4) is 0 Å². The zero-order valence-corrected chi connectivity index (χ0v) is 12.9. The summed E-state index contributed by atoms with van der Waals surface area (Å²) in [6, 6.07) is 1.68. The van der Waals surface area contributed by atoms with Crippen LogP contribution in [0.5, 0.6) is 0 Å². The molecule has 3 rings (SSSR count). The second-order valence-corrected chi connectivity index (χ2v) is 6.36. The van der Waals surface area contributed by atoms with Crippen LogP contribution in [-0.4, -0.2) is 27.7 Å². The molecule has 5 nitrogen and oxygen atoms in total. The summed E-state index contributed by atoms with van der Waals surface area (Å²) in [6.45, 7) is 6.48. The van der Waals surface area contributed by atoms with E-state index in [4.69, 9.17) is 4.98 Å². The monoisotopic (exact) mass is 288 g/mol. The minimum Gasteiger partial charge on any atom is -0.317 e. The second-order valence-electron chi connectivity index (χ2n) is 6.36. The van der Waals surface area contributed by atoms with E-state index in [2.05, 4.69) is 24.3 Å². The molecule has 3 heterocycles. The van der Waals surface area contributed by atoms with Gasteiger partial charge in [0.05, 0.1) is 0 Å². The predicted molar refractivity (Wildman–Crippen MR) is 83.8 cm³/mol. The molecule has 1 aliphatic rings. The molecular weight excluding hydrogens is 264 g/mol. The van der Waals surface area contributed by atoms with Crippen LogP contribution in [0.25, 0.3) is 5.65 Å². The first kappa shape index (κ1) is 14.3. The topological polar surface area (TPSA) is 62.2 Å². The molecular formula is C16H24N4O. The average molecular weight is 288 g/mol. The fourth-order valence-electron chi connectivity index (χ4n) is 3.12. The number of aromatic amines is 1. The van der Waals surface area contributed by atoms with E-state index in [1.165, 1.54) is 12.8 Å². The van der Waals surface area contributed by atoms with Crippen molar-refractivity contribution >= 4 is 5.65 Å². The number of H-pyrrole nitrogens is 1. The molecule has 0 spiro atoms. The SMILES string of the molecule is CC(C)c1c[nH]n2c(=O)cc(CCC3CCNCC3)nc12. The molecule has 2 aromatic heterocycles. The summed E-state index contributed by atoms with van der Waals surface area (Å²) in [4.78, 5) is 16.9. The highest BCUT2D eigenvalue weighted by atomic mass is 16.1. The molecule has 1 saturated heterocycles. The molecule has 2 aromatic rings. The third-order valence-electron chi connectivity index (χ3n) is 4.47. The van der Waals surface area contributed by atoms with Gasteiger partial charge in [-0.1, -0.05) is 13.8 Å². The summed E-state index contributed by atoms with van der Waals surface area (Å²) in [6.07, 6.45) is 6.40. The molecule has 0 bridgehead atoms. The van der Waals surface area contributed by atoms with Gasteiger partial charge in [-0.2, -0.15) is 0 Å². The van der Waals surface area contributed by atoms with Gasteiger partial charge in [0.25, 0.3) is 5.56 Å². The van der Waals surface area contributed by atoms with Gasteiger partial charge in [-0.15, -0.1) is 0 Å². The first-order chi connectivity index (χ1) is 10.1. The van der Waals surface area contributed by atoms with Crippen LogP contribution in [0.15, 0.2) is 17.1 Å². The maximum absolute atomic E-state index is 12.2. The summed E-state index contributed by atoms with van der Waals surface area (Å²) in [5, 5.41) is 6.39. The van der Waals surface area contributed by atoms with Crippen molar-refractivity contribution in [3.8, 4) is 0 Å². The largest absolute Gasteiger partial charge is 0.317 e. The summed E-state index contributed by atoms with van der Waals surface area (Å²) in [5.74, 6) is 1.13. The van der Waals surface area contributed by atoms with Crippen molar-refractivity contribution in [1.82, 2.24) is 19.9 Å². The number of nitrogens with zero attached hydrogens (tertiary/aromatic N) is 2. The van der Waals surface area contributed by atoms with Crippen molar-refractivity contribution < 1.29 is 0 Å². The van der Waals surface area contributed by atoms with Gasteiger partial charge in [0, 0.05) is 23.5 Å². The van der Waals surface area contributed by atoms with Crippen LogP contribution < -0.4 is 10.9 Å². The van der Waals surface area contributed by atoms with Gasteiger partial charge in [0.2, 0.25) is 0 Å². The van der Waals surface area contributed by atoms with Crippen molar-refractivity contribution in [1.29, 1.82) is 0 Å². The Morgan fingerprint density at radius 2 is 2.14 bits per heavy atom. The maximum Gasteiger partial charge on any atom is 0.272 e. The van der Waals surface area contributed by atoms with Crippen LogP contribution in [-0.2, 0) is 6.42 Å². The van der Waals surface area contributed by atoms with Crippen molar-refractivity contribution in [2.45, 2.75) is 45.4 Å². The highest BCUT2D eigenvalue weighted by molar-refractivity contribution is 5.48. The van der Waals surface area contributed by atoms with E-state index in [1.807, 2.05) is 6.20 Å². The van der Waals surface area contributed by atoms with E-state index in [1.54, 1.807) is 10.6 Å². The lowest BCUT2D eigenvalue weighted by Crippen LogP contribution is -2.28. The minimum atomic E-state index is -0.00721. The highest BCUT2D eigenvalue weighted by Crippen LogP contribution is 2.20. The number of hydrogen-bond acceptors (Lipinski definition) is 3. The number of aryl methyl sites for hydroxylation is 1. The Labute approximate surface area is 124 Å². The number of rotatable bonds is 4. The van der Waals surface area contributed by atoms with Gasteiger partial charge in [0.1, 0.15) is 0 Å². The molecule has 1 fully saturated rings. The van der Waals surface area contributed by atoms with Crippen LogP contribution >= 0.6 is 0 Å². The predicted octanol–water partition coefficient (Wildman–Crippen LogP) is 2.08. The molecule has 0 aromatic carbocycles. The zero-order valence-electron chi connectivity index (χ0n) is 12.9. The normalized spacial score (nSPS) is 16.9. The van der Waals surface area contributed by atoms with Crippen LogP contribution in [0.4, 0.5) is 0 Å². The number of aromatic nitrogens is 3. The molecule has 0 amide bonds. The zero-order chi connectivity index (χ0) is 14.8. The smallest absolute Gasteiger partial charge is 0.272 e. The lowest BCUT2D eigenvalue weighted by atomic mass is 9.92. The van der Waals surface area contributed by atoms with Crippen LogP contribution in [0.2, 0.25) is 0 Å². The van der Waals surface area contributed by atoms with Gasteiger partial charge < -0.3 is 5.32 Å². The molecule has 2 N–H and O–H groups in total. The molecule has 0 radical (unpaired) electrons. The molecule has 0 atom stereocenters. The van der Waals surface area contributed by atoms with Gasteiger partial charge in [0.15, 0.2) is 5.65 Å². The van der Waals surface area contributed by atoms with Crippen molar-refractivity contribution in [3.63, 3.8) is 0 Å². The van der Waals surface area contributed by atoms with Gasteiger partial charge in [-0.25, -0.2) is 9.50 Å². The van der Waals surface area contributed by atoms with E-state index in [9.17, 15) is 4.79 Å². The summed E-state index contributed by atoms with van der Waals surface area (Å²) < 4.78 is 1.55. The molecule has 1 aliphatic heterocycles. The molecule has 5 heteroatoms. The fraction of sp³-hybridized carbons (Fsp3) is 0.625. The Morgan fingerprint density at radius 3 is 2.86 bits per heavy atom. The number of fused-ring (bicyclic) bond motifs is 1. The third kappa shape index (κ3) is 3.02. The standard InChI is InChI=1S/C16H24N4O/c1-11(2)14-10-18-20-15(21)9-13(19-16(14)20)4-3-12-5-7-17-8-6-12/h9-12,17-18H,3-8H2,1-2H3. The van der Waals surface area contributed by atoms with Crippen LogP contribution in [0.1, 0.15) is 50.3 Å². The van der Waals surface area contributed by atoms with Crippen molar-refractivity contribution in [2.24, 2.45) is 5.92 Å². The molecule has 114 valence electrons. The van der Waals surface area contributed by atoms with E-state index in [0.29, 0.717) is 5.92 Å². The molecule has 0 unspecified atom stereocenters. The van der Waals surface area contributed by atoms with Gasteiger partial charge in [-0.05, 0) is 50.6 Å². The highest BCUT2D eigenvalue weighted by Gasteiger charge is 2.15. The van der Waals surface area contributed by atoms with Gasteiger partial charge >= 0.3 is 0 Å². The average Bonchev–Trinajstić information content (AvgIpc) is 2.91. The minimum absolute atomic E-state index is 0.00721. The Hall–Kier alpha value is -1.62. The molecule has 0 saturated carbocycles. The molecule has 21 heavy (non-hydrogen) atoms. The number of hydrogen-bond donors (Lipinski definition) is 2. The first-order valence-electron chi connectivity index (χ1n) is 7.96. The Kier molecular flexibility index (Phi) is 4.10. The number of nitrogens with one attached hydrogen (secondary N) is 2. The first-order valence-corrected chi connectivity index (χ1v) is 7.96. The Balaban J connectivity index is 1.81. The lowest BCUT2D eigenvalue weighted by Gasteiger charge is -2.22. The van der Waals surface area contributed by atoms with Crippen molar-refractivity contribution in [2.75, 3.05) is 13.1 Å². The number of piperidine rings is 1. The van der Waals surface area contributed by atoms with Gasteiger partial charge in [-0.3, -0.25) is 9.89 Å². The van der Waals surface area contributed by atoms with E-state index < -0.39 is 0 Å². The fourth-order valence-corrected chi connectivity index (χ4v) is 3.12. The van der Waals surface area contributed by atoms with E-state index >= 15 is 0 Å². The second kappa shape index (κ2) is 6.02.